The number of nitrogens with zero attached hydrogens (tertiary/aromatic N) is 2. The smallest absolute Gasteiger partial charge is 0.140 e. The highest BCUT2D eigenvalue weighted by Gasteiger charge is 2.01. The molecule has 0 aliphatic rings. The van der Waals surface area contributed by atoms with Crippen LogP contribution in [-0.4, -0.2) is 31.3 Å². The molecule has 0 aromatic carbocycles. The molecule has 0 radical (unpaired) electrons. The lowest BCUT2D eigenvalue weighted by molar-refractivity contribution is 0.183. The summed E-state index contributed by atoms with van der Waals surface area (Å²) in [5.74, 6) is 0. The van der Waals surface area contributed by atoms with E-state index in [9.17, 15) is 0 Å². The van der Waals surface area contributed by atoms with Crippen LogP contribution in [-0.2, 0) is 4.74 Å². The second kappa shape index (κ2) is 5.96. The average Bonchev–Trinajstić information content (AvgIpc) is 2.27. The molecule has 0 amide bonds. The van der Waals surface area contributed by atoms with Gasteiger partial charge in [0.05, 0.1) is 18.5 Å². The number of methoxy groups -OCH3 is 1. The number of nitrogens with one attached hydrogen (secondary N) is 1. The molecular formula is C10H14N4O. The molecule has 1 aromatic rings. The predicted molar refractivity (Wildman–Crippen MR) is 57.3 cm³/mol. The van der Waals surface area contributed by atoms with Crippen LogP contribution in [0, 0.1) is 11.3 Å². The van der Waals surface area contributed by atoms with Gasteiger partial charge in [0, 0.05) is 19.7 Å². The first-order chi connectivity index (χ1) is 7.26. The molecule has 5 heteroatoms. The topological polar surface area (TPSA) is 84.0 Å². The fourth-order valence-corrected chi connectivity index (χ4v) is 1.09. The Morgan fingerprint density at radius 2 is 2.47 bits per heavy atom. The zero-order valence-electron chi connectivity index (χ0n) is 8.60. The molecule has 0 spiro atoms. The Balaban J connectivity index is 2.41. The van der Waals surface area contributed by atoms with Crippen molar-refractivity contribution in [2.45, 2.75) is 6.04 Å². The van der Waals surface area contributed by atoms with Crippen LogP contribution in [0.5, 0.6) is 0 Å². The van der Waals surface area contributed by atoms with E-state index in [1.54, 1.807) is 25.4 Å². The third-order valence-corrected chi connectivity index (χ3v) is 1.83. The monoisotopic (exact) mass is 206 g/mol. The summed E-state index contributed by atoms with van der Waals surface area (Å²) >= 11 is 0. The highest BCUT2D eigenvalue weighted by molar-refractivity contribution is 5.42. The first-order valence-corrected chi connectivity index (χ1v) is 4.61. The van der Waals surface area contributed by atoms with E-state index in [1.165, 1.54) is 0 Å². The SMILES string of the molecule is COCC(N)CNc1ccc(C#N)nc1. The van der Waals surface area contributed by atoms with Crippen molar-refractivity contribution in [1.29, 1.82) is 5.26 Å². The standard InChI is InChI=1S/C10H14N4O/c1-15-7-8(12)5-13-10-3-2-9(4-11)14-6-10/h2-3,6,8,13H,5,7,12H2,1H3. The maximum absolute atomic E-state index is 8.55. The molecule has 1 rings (SSSR count). The van der Waals surface area contributed by atoms with Gasteiger partial charge in [0.1, 0.15) is 11.8 Å². The van der Waals surface area contributed by atoms with Crippen molar-refractivity contribution in [2.75, 3.05) is 25.6 Å². The summed E-state index contributed by atoms with van der Waals surface area (Å²) in [4.78, 5) is 3.93. The fraction of sp³-hybridized carbons (Fsp3) is 0.400. The van der Waals surface area contributed by atoms with Crippen molar-refractivity contribution in [2.24, 2.45) is 5.73 Å². The number of hydrogen-bond acceptors (Lipinski definition) is 5. The summed E-state index contributed by atoms with van der Waals surface area (Å²) in [6.07, 6.45) is 1.61. The molecule has 1 aromatic heterocycles. The summed E-state index contributed by atoms with van der Waals surface area (Å²) in [5.41, 5.74) is 6.98. The van der Waals surface area contributed by atoms with Crippen LogP contribution >= 0.6 is 0 Å². The number of nitrogens with two attached hydrogens (primary N) is 1. The van der Waals surface area contributed by atoms with Crippen LogP contribution in [0.1, 0.15) is 5.69 Å². The predicted octanol–water partition coefficient (Wildman–Crippen LogP) is 0.339. The summed E-state index contributed by atoms with van der Waals surface area (Å²) in [7, 11) is 1.61. The van der Waals surface area contributed by atoms with Gasteiger partial charge in [0.25, 0.3) is 0 Å². The molecule has 3 N–H and O–H groups in total. The van der Waals surface area contributed by atoms with E-state index < -0.39 is 0 Å². The van der Waals surface area contributed by atoms with Gasteiger partial charge in [0.2, 0.25) is 0 Å². The van der Waals surface area contributed by atoms with E-state index in [0.29, 0.717) is 18.8 Å². The Labute approximate surface area is 88.9 Å². The molecule has 1 atom stereocenters. The minimum atomic E-state index is -0.0503. The minimum Gasteiger partial charge on any atom is -0.383 e. The highest BCUT2D eigenvalue weighted by Crippen LogP contribution is 2.04. The van der Waals surface area contributed by atoms with Gasteiger partial charge < -0.3 is 15.8 Å². The number of hydrogen-bond donors (Lipinski definition) is 2. The van der Waals surface area contributed by atoms with Crippen molar-refractivity contribution in [3.63, 3.8) is 0 Å². The molecule has 0 fully saturated rings. The molecular weight excluding hydrogens is 192 g/mol. The molecule has 0 aliphatic heterocycles. The molecule has 1 heterocycles. The van der Waals surface area contributed by atoms with Crippen LogP contribution in [0.2, 0.25) is 0 Å². The van der Waals surface area contributed by atoms with E-state index in [4.69, 9.17) is 15.7 Å². The Bertz CT molecular complexity index is 330. The largest absolute Gasteiger partial charge is 0.383 e. The third-order valence-electron chi connectivity index (χ3n) is 1.83. The summed E-state index contributed by atoms with van der Waals surface area (Å²) in [5, 5.41) is 11.7. The van der Waals surface area contributed by atoms with Crippen molar-refractivity contribution in [3.05, 3.63) is 24.0 Å². The maximum Gasteiger partial charge on any atom is 0.140 e. The van der Waals surface area contributed by atoms with Gasteiger partial charge >= 0.3 is 0 Å². The third kappa shape index (κ3) is 3.94. The Morgan fingerprint density at radius 3 is 3.00 bits per heavy atom. The summed E-state index contributed by atoms with van der Waals surface area (Å²) in [6, 6.07) is 5.36. The molecule has 0 saturated carbocycles. The van der Waals surface area contributed by atoms with Crippen LogP contribution in [0.3, 0.4) is 0 Å². The number of nitriles is 1. The quantitative estimate of drug-likeness (QED) is 0.725. The van der Waals surface area contributed by atoms with Gasteiger partial charge in [-0.15, -0.1) is 0 Å². The van der Waals surface area contributed by atoms with Crippen molar-refractivity contribution >= 4 is 5.69 Å². The molecule has 0 aliphatic carbocycles. The second-order valence-electron chi connectivity index (χ2n) is 3.14. The Kier molecular flexibility index (Phi) is 4.54. The van der Waals surface area contributed by atoms with Gasteiger partial charge in [0.15, 0.2) is 0 Å². The first kappa shape index (κ1) is 11.4. The van der Waals surface area contributed by atoms with Crippen molar-refractivity contribution in [1.82, 2.24) is 4.98 Å². The van der Waals surface area contributed by atoms with Gasteiger partial charge in [-0.3, -0.25) is 0 Å². The number of aromatic nitrogens is 1. The normalized spacial score (nSPS) is 11.8. The van der Waals surface area contributed by atoms with E-state index in [1.807, 2.05) is 6.07 Å². The Hall–Kier alpha value is -1.64. The van der Waals surface area contributed by atoms with Gasteiger partial charge in [-0.2, -0.15) is 5.26 Å². The van der Waals surface area contributed by atoms with Crippen LogP contribution in [0.25, 0.3) is 0 Å². The summed E-state index contributed by atoms with van der Waals surface area (Å²) in [6.45, 7) is 1.12. The molecule has 1 unspecified atom stereocenters. The highest BCUT2D eigenvalue weighted by atomic mass is 16.5. The first-order valence-electron chi connectivity index (χ1n) is 4.61. The van der Waals surface area contributed by atoms with Gasteiger partial charge in [-0.05, 0) is 12.1 Å². The second-order valence-corrected chi connectivity index (χ2v) is 3.14. The Morgan fingerprint density at radius 1 is 1.67 bits per heavy atom. The zero-order chi connectivity index (χ0) is 11.1. The average molecular weight is 206 g/mol. The fourth-order valence-electron chi connectivity index (χ4n) is 1.09. The van der Waals surface area contributed by atoms with Crippen molar-refractivity contribution in [3.8, 4) is 6.07 Å². The molecule has 80 valence electrons. The van der Waals surface area contributed by atoms with E-state index in [2.05, 4.69) is 10.3 Å². The van der Waals surface area contributed by atoms with Gasteiger partial charge in [-0.25, -0.2) is 4.98 Å². The molecule has 5 nitrogen and oxygen atoms in total. The van der Waals surface area contributed by atoms with E-state index in [0.717, 1.165) is 5.69 Å². The van der Waals surface area contributed by atoms with Crippen LogP contribution in [0.4, 0.5) is 5.69 Å². The van der Waals surface area contributed by atoms with E-state index in [-0.39, 0.29) is 6.04 Å². The van der Waals surface area contributed by atoms with E-state index >= 15 is 0 Å². The summed E-state index contributed by atoms with van der Waals surface area (Å²) < 4.78 is 4.90. The van der Waals surface area contributed by atoms with Gasteiger partial charge in [-0.1, -0.05) is 0 Å². The number of ether oxygens (including phenoxy) is 1. The minimum absolute atomic E-state index is 0.0503. The zero-order valence-corrected chi connectivity index (χ0v) is 8.60. The number of anilines is 1. The lowest BCUT2D eigenvalue weighted by atomic mass is 10.3. The van der Waals surface area contributed by atoms with Crippen molar-refractivity contribution < 1.29 is 4.74 Å². The molecule has 0 bridgehead atoms. The van der Waals surface area contributed by atoms with Crippen LogP contribution < -0.4 is 11.1 Å². The van der Waals surface area contributed by atoms with Crippen LogP contribution in [0.15, 0.2) is 18.3 Å². The number of pyridine rings is 1. The lowest BCUT2D eigenvalue weighted by Crippen LogP contribution is -2.33. The number of rotatable bonds is 5. The lowest BCUT2D eigenvalue weighted by Gasteiger charge is -2.12. The maximum atomic E-state index is 8.55. The molecule has 15 heavy (non-hydrogen) atoms. The molecule has 0 saturated heterocycles.